The molecule has 5 atom stereocenters. The van der Waals surface area contributed by atoms with E-state index in [9.17, 15) is 33.9 Å². The Hall–Kier alpha value is -3.26. The van der Waals surface area contributed by atoms with Crippen molar-refractivity contribution in [3.63, 3.8) is 0 Å². The van der Waals surface area contributed by atoms with Gasteiger partial charge in [-0.1, -0.05) is 13.8 Å². The minimum absolute atomic E-state index is 0.153. The number of hydrogen-bond donors (Lipinski definition) is 8. The molecule has 0 saturated heterocycles. The van der Waals surface area contributed by atoms with Crippen molar-refractivity contribution in [2.45, 2.75) is 96.4 Å². The normalized spacial score (nSPS) is 15.0. The van der Waals surface area contributed by atoms with Gasteiger partial charge in [-0.15, -0.1) is 0 Å². The van der Waals surface area contributed by atoms with Gasteiger partial charge >= 0.3 is 11.9 Å². The maximum Gasteiger partial charge on any atom is 0.326 e. The van der Waals surface area contributed by atoms with Gasteiger partial charge in [0, 0.05) is 6.42 Å². The minimum atomic E-state index is -1.33. The summed E-state index contributed by atoms with van der Waals surface area (Å²) >= 11 is 0. The van der Waals surface area contributed by atoms with Crippen molar-refractivity contribution < 1.29 is 39.0 Å². The third kappa shape index (κ3) is 14.2. The van der Waals surface area contributed by atoms with Crippen LogP contribution in [0.3, 0.4) is 0 Å². The molecule has 0 fully saturated rings. The molecule has 0 aromatic heterocycles. The third-order valence-electron chi connectivity index (χ3n) is 5.41. The zero-order valence-electron chi connectivity index (χ0n) is 21.9. The predicted octanol–water partition coefficient (Wildman–Crippen LogP) is -1.58. The van der Waals surface area contributed by atoms with Crippen LogP contribution in [0.25, 0.3) is 0 Å². The minimum Gasteiger partial charge on any atom is -0.481 e. The van der Waals surface area contributed by atoms with Gasteiger partial charge in [0.25, 0.3) is 0 Å². The van der Waals surface area contributed by atoms with Crippen molar-refractivity contribution in [1.82, 2.24) is 21.3 Å². The Morgan fingerprint density at radius 2 is 1.22 bits per heavy atom. The maximum absolute atomic E-state index is 12.8. The molecule has 4 amide bonds. The molecule has 14 heteroatoms. The first kappa shape index (κ1) is 33.7. The summed E-state index contributed by atoms with van der Waals surface area (Å²) in [5.74, 6) is -5.20. The number of carbonyl (C=O) groups is 6. The number of rotatable bonds is 18. The van der Waals surface area contributed by atoms with Gasteiger partial charge in [0.2, 0.25) is 23.6 Å². The fourth-order valence-corrected chi connectivity index (χ4v) is 3.26. The number of unbranched alkanes of at least 4 members (excludes halogenated alkanes) is 1. The lowest BCUT2D eigenvalue weighted by Gasteiger charge is -2.24. The van der Waals surface area contributed by atoms with Crippen LogP contribution in [-0.4, -0.2) is 82.5 Å². The van der Waals surface area contributed by atoms with Crippen LogP contribution in [-0.2, 0) is 28.8 Å². The fourth-order valence-electron chi connectivity index (χ4n) is 3.26. The van der Waals surface area contributed by atoms with E-state index in [1.54, 1.807) is 0 Å². The number of carboxylic acids is 2. The number of amides is 4. The van der Waals surface area contributed by atoms with Crippen LogP contribution < -0.4 is 32.7 Å². The van der Waals surface area contributed by atoms with Crippen molar-refractivity contribution in [1.29, 1.82) is 0 Å². The Balaban J connectivity index is 5.20. The molecule has 0 aliphatic carbocycles. The zero-order chi connectivity index (χ0) is 28.7. The lowest BCUT2D eigenvalue weighted by Crippen LogP contribution is -2.57. The van der Waals surface area contributed by atoms with E-state index in [-0.39, 0.29) is 18.8 Å². The Kier molecular flexibility index (Phi) is 15.7. The van der Waals surface area contributed by atoms with E-state index in [2.05, 4.69) is 21.3 Å². The fraction of sp³-hybridized carbons (Fsp3) is 0.739. The second kappa shape index (κ2) is 17.2. The van der Waals surface area contributed by atoms with Gasteiger partial charge in [-0.05, 0) is 58.4 Å². The molecule has 212 valence electrons. The highest BCUT2D eigenvalue weighted by Gasteiger charge is 2.29. The van der Waals surface area contributed by atoms with Crippen LogP contribution in [0.5, 0.6) is 0 Å². The summed E-state index contributed by atoms with van der Waals surface area (Å²) in [6.07, 6.45) is 0.876. The highest BCUT2D eigenvalue weighted by Crippen LogP contribution is 2.05. The Morgan fingerprint density at radius 1 is 0.703 bits per heavy atom. The van der Waals surface area contributed by atoms with Gasteiger partial charge in [0.05, 0.1) is 6.04 Å². The summed E-state index contributed by atoms with van der Waals surface area (Å²) in [6.45, 7) is 6.86. The molecule has 0 bridgehead atoms. The molecular formula is C23H42N6O8. The Labute approximate surface area is 216 Å². The number of hydrogen-bond acceptors (Lipinski definition) is 8. The second-order valence-corrected chi connectivity index (χ2v) is 9.37. The molecule has 0 aromatic rings. The number of aliphatic carboxylic acids is 2. The molecule has 14 nitrogen and oxygen atoms in total. The molecular weight excluding hydrogens is 488 g/mol. The van der Waals surface area contributed by atoms with Crippen molar-refractivity contribution in [3.8, 4) is 0 Å². The molecule has 0 aliphatic heterocycles. The van der Waals surface area contributed by atoms with Crippen molar-refractivity contribution in [2.24, 2.45) is 17.4 Å². The van der Waals surface area contributed by atoms with Gasteiger partial charge in [-0.25, -0.2) is 4.79 Å². The van der Waals surface area contributed by atoms with Crippen LogP contribution in [0.15, 0.2) is 0 Å². The van der Waals surface area contributed by atoms with Crippen LogP contribution in [0, 0.1) is 5.92 Å². The average molecular weight is 531 g/mol. The number of nitrogens with two attached hydrogens (primary N) is 2. The quantitative estimate of drug-likeness (QED) is 0.0945. The van der Waals surface area contributed by atoms with Crippen molar-refractivity contribution in [2.75, 3.05) is 6.54 Å². The van der Waals surface area contributed by atoms with Crippen LogP contribution in [0.1, 0.15) is 66.2 Å². The van der Waals surface area contributed by atoms with Crippen LogP contribution in [0.4, 0.5) is 0 Å². The monoisotopic (exact) mass is 530 g/mol. The van der Waals surface area contributed by atoms with E-state index >= 15 is 0 Å². The largest absolute Gasteiger partial charge is 0.481 e. The SMILES string of the molecule is CC(C)C[C@H](N)C(=O)N[C@@H](C)C(=O)N[C@@H](CCC(=O)O)C(=O)N[C@@H](C)C(=O)N[C@@H](CCCCN)C(=O)O. The number of carbonyl (C=O) groups excluding carboxylic acids is 4. The first-order valence-electron chi connectivity index (χ1n) is 12.3. The lowest BCUT2D eigenvalue weighted by atomic mass is 10.0. The molecule has 0 heterocycles. The molecule has 0 aromatic carbocycles. The van der Waals surface area contributed by atoms with Gasteiger partial charge in [-0.3, -0.25) is 24.0 Å². The summed E-state index contributed by atoms with van der Waals surface area (Å²) in [6, 6.07) is -5.59. The average Bonchev–Trinajstić information content (AvgIpc) is 2.79. The molecule has 37 heavy (non-hydrogen) atoms. The summed E-state index contributed by atoms with van der Waals surface area (Å²) in [4.78, 5) is 72.5. The van der Waals surface area contributed by atoms with Gasteiger partial charge < -0.3 is 42.9 Å². The summed E-state index contributed by atoms with van der Waals surface area (Å²) in [5, 5.41) is 27.9. The van der Waals surface area contributed by atoms with E-state index in [0.29, 0.717) is 25.8 Å². The smallest absolute Gasteiger partial charge is 0.326 e. The Bertz CT molecular complexity index is 806. The summed E-state index contributed by atoms with van der Waals surface area (Å²) in [7, 11) is 0. The topological polar surface area (TPSA) is 243 Å². The highest BCUT2D eigenvalue weighted by molar-refractivity contribution is 5.95. The van der Waals surface area contributed by atoms with E-state index in [4.69, 9.17) is 16.6 Å². The standard InChI is InChI=1S/C23H42N6O8/c1-12(2)11-15(25)21(34)26-13(3)19(32)28-16(8-9-18(30)31)22(35)27-14(4)20(33)29-17(23(36)37)7-5-6-10-24/h12-17H,5-11,24-25H2,1-4H3,(H,26,34)(H,27,35)(H,28,32)(H,29,33)(H,30,31)(H,36,37)/t13-,14-,15-,16-,17-/m0/s1. The molecule has 0 aliphatic rings. The number of carboxylic acid groups (broad SMARTS) is 2. The van der Waals surface area contributed by atoms with Crippen molar-refractivity contribution >= 4 is 35.6 Å². The summed E-state index contributed by atoms with van der Waals surface area (Å²) in [5.41, 5.74) is 11.2. The zero-order valence-corrected chi connectivity index (χ0v) is 21.9. The van der Waals surface area contributed by atoms with Crippen molar-refractivity contribution in [3.05, 3.63) is 0 Å². The molecule has 0 rings (SSSR count). The summed E-state index contributed by atoms with van der Waals surface area (Å²) < 4.78 is 0. The highest BCUT2D eigenvalue weighted by atomic mass is 16.4. The molecule has 10 N–H and O–H groups in total. The van der Waals surface area contributed by atoms with Crippen LogP contribution >= 0.6 is 0 Å². The maximum atomic E-state index is 12.8. The van der Waals surface area contributed by atoms with E-state index in [0.717, 1.165) is 0 Å². The van der Waals surface area contributed by atoms with Gasteiger partial charge in [-0.2, -0.15) is 0 Å². The van der Waals surface area contributed by atoms with Gasteiger partial charge in [0.15, 0.2) is 0 Å². The first-order chi connectivity index (χ1) is 17.2. The van der Waals surface area contributed by atoms with Gasteiger partial charge in [0.1, 0.15) is 24.2 Å². The number of nitrogens with one attached hydrogen (secondary N) is 4. The Morgan fingerprint density at radius 3 is 1.68 bits per heavy atom. The predicted molar refractivity (Wildman–Crippen MR) is 134 cm³/mol. The second-order valence-electron chi connectivity index (χ2n) is 9.37. The third-order valence-corrected chi connectivity index (χ3v) is 5.41. The lowest BCUT2D eigenvalue weighted by molar-refractivity contribution is -0.142. The van der Waals surface area contributed by atoms with E-state index in [1.165, 1.54) is 13.8 Å². The molecule has 0 unspecified atom stereocenters. The molecule has 0 saturated carbocycles. The molecule has 0 radical (unpaired) electrons. The molecule has 0 spiro atoms. The first-order valence-corrected chi connectivity index (χ1v) is 12.3. The van der Waals surface area contributed by atoms with Crippen LogP contribution in [0.2, 0.25) is 0 Å². The van der Waals surface area contributed by atoms with E-state index < -0.39 is 72.2 Å². The van der Waals surface area contributed by atoms with E-state index in [1.807, 2.05) is 13.8 Å².